The lowest BCUT2D eigenvalue weighted by atomic mass is 9.70. The van der Waals surface area contributed by atoms with E-state index in [1.165, 1.54) is 6.42 Å². The van der Waals surface area contributed by atoms with Gasteiger partial charge in [0.1, 0.15) is 0 Å². The van der Waals surface area contributed by atoms with Crippen LogP contribution in [0.4, 0.5) is 0 Å². The Labute approximate surface area is 119 Å². The molecule has 3 aliphatic rings. The van der Waals surface area contributed by atoms with Gasteiger partial charge in [-0.15, -0.1) is 0 Å². The van der Waals surface area contributed by atoms with Crippen molar-refractivity contribution in [1.29, 1.82) is 0 Å². The Kier molecular flexibility index (Phi) is 3.71. The van der Waals surface area contributed by atoms with Crippen molar-refractivity contribution in [3.63, 3.8) is 0 Å². The van der Waals surface area contributed by atoms with Crippen LogP contribution in [0.15, 0.2) is 0 Å². The van der Waals surface area contributed by atoms with Crippen molar-refractivity contribution in [2.45, 2.75) is 38.5 Å². The van der Waals surface area contributed by atoms with Gasteiger partial charge in [0.05, 0.1) is 11.8 Å². The van der Waals surface area contributed by atoms with E-state index < -0.39 is 11.9 Å². The van der Waals surface area contributed by atoms with Crippen LogP contribution < -0.4 is 0 Å². The van der Waals surface area contributed by atoms with E-state index in [9.17, 15) is 9.59 Å². The Balaban J connectivity index is 1.64. The number of amides is 1. The van der Waals surface area contributed by atoms with E-state index in [0.29, 0.717) is 6.42 Å². The van der Waals surface area contributed by atoms with Crippen molar-refractivity contribution >= 4 is 11.9 Å². The molecule has 5 nitrogen and oxygen atoms in total. The molecule has 0 bridgehead atoms. The second kappa shape index (κ2) is 5.35. The summed E-state index contributed by atoms with van der Waals surface area (Å²) in [6.07, 6.45) is 5.66. The molecule has 112 valence electrons. The van der Waals surface area contributed by atoms with Gasteiger partial charge in [-0.1, -0.05) is 0 Å². The van der Waals surface area contributed by atoms with Crippen LogP contribution in [0.5, 0.6) is 0 Å². The summed E-state index contributed by atoms with van der Waals surface area (Å²) < 4.78 is 5.44. The minimum Gasteiger partial charge on any atom is -0.481 e. The first kappa shape index (κ1) is 13.9. The molecule has 3 rings (SSSR count). The number of hydrogen-bond donors (Lipinski definition) is 1. The molecule has 1 amide bonds. The first-order valence-electron chi connectivity index (χ1n) is 7.71. The van der Waals surface area contributed by atoms with Gasteiger partial charge >= 0.3 is 5.97 Å². The molecule has 2 saturated heterocycles. The normalized spacial score (nSPS) is 32.7. The zero-order chi connectivity index (χ0) is 14.2. The summed E-state index contributed by atoms with van der Waals surface area (Å²) in [6.45, 7) is 3.19. The molecule has 5 heteroatoms. The highest BCUT2D eigenvalue weighted by atomic mass is 16.5. The van der Waals surface area contributed by atoms with Crippen LogP contribution in [0.1, 0.15) is 38.5 Å². The van der Waals surface area contributed by atoms with Crippen LogP contribution in [0.2, 0.25) is 0 Å². The average Bonchev–Trinajstić information content (AvgIpc) is 2.37. The lowest BCUT2D eigenvalue weighted by Gasteiger charge is -2.47. The number of piperidine rings is 1. The van der Waals surface area contributed by atoms with E-state index in [2.05, 4.69) is 0 Å². The van der Waals surface area contributed by atoms with Gasteiger partial charge in [-0.2, -0.15) is 0 Å². The van der Waals surface area contributed by atoms with Crippen molar-refractivity contribution < 1.29 is 19.4 Å². The van der Waals surface area contributed by atoms with Gasteiger partial charge in [0, 0.05) is 26.3 Å². The molecular weight excluding hydrogens is 258 g/mol. The van der Waals surface area contributed by atoms with Crippen molar-refractivity contribution in [3.8, 4) is 0 Å². The van der Waals surface area contributed by atoms with Crippen molar-refractivity contribution in [2.75, 3.05) is 26.3 Å². The fourth-order valence-corrected chi connectivity index (χ4v) is 3.93. The van der Waals surface area contributed by atoms with Crippen LogP contribution in [0.3, 0.4) is 0 Å². The maximum Gasteiger partial charge on any atom is 0.307 e. The predicted molar refractivity (Wildman–Crippen MR) is 72.1 cm³/mol. The molecular formula is C15H23NO4. The predicted octanol–water partition coefficient (Wildman–Crippen LogP) is 1.52. The van der Waals surface area contributed by atoms with E-state index >= 15 is 0 Å². The molecule has 3 fully saturated rings. The summed E-state index contributed by atoms with van der Waals surface area (Å²) in [4.78, 5) is 25.6. The molecule has 20 heavy (non-hydrogen) atoms. The van der Waals surface area contributed by atoms with Gasteiger partial charge in [0.15, 0.2) is 0 Å². The van der Waals surface area contributed by atoms with Gasteiger partial charge in [0.2, 0.25) is 5.91 Å². The SMILES string of the molecule is O=C(O)C1CCC1C(=O)N1CCCC2(CCOCC2)C1. The lowest BCUT2D eigenvalue weighted by molar-refractivity contribution is -0.159. The summed E-state index contributed by atoms with van der Waals surface area (Å²) in [6, 6.07) is 0. The van der Waals surface area contributed by atoms with Gasteiger partial charge < -0.3 is 14.7 Å². The Morgan fingerprint density at radius 1 is 1.10 bits per heavy atom. The minimum atomic E-state index is -0.813. The van der Waals surface area contributed by atoms with Crippen molar-refractivity contribution in [3.05, 3.63) is 0 Å². The van der Waals surface area contributed by atoms with Crippen LogP contribution in [0, 0.1) is 17.3 Å². The second-order valence-electron chi connectivity index (χ2n) is 6.60. The van der Waals surface area contributed by atoms with E-state index in [0.717, 1.165) is 52.0 Å². The number of nitrogens with zero attached hydrogens (tertiary/aromatic N) is 1. The number of rotatable bonds is 2. The molecule has 0 aromatic rings. The summed E-state index contributed by atoms with van der Waals surface area (Å²) in [5.41, 5.74) is 0.231. The number of carboxylic acids is 1. The third kappa shape index (κ3) is 2.43. The zero-order valence-corrected chi connectivity index (χ0v) is 11.8. The molecule has 2 heterocycles. The fourth-order valence-electron chi connectivity index (χ4n) is 3.93. The highest BCUT2D eigenvalue weighted by Gasteiger charge is 2.46. The molecule has 0 aromatic heterocycles. The van der Waals surface area contributed by atoms with Crippen LogP contribution >= 0.6 is 0 Å². The Bertz CT molecular complexity index is 397. The molecule has 1 N–H and O–H groups in total. The van der Waals surface area contributed by atoms with Gasteiger partial charge in [-0.3, -0.25) is 9.59 Å². The molecule has 1 spiro atoms. The number of aliphatic carboxylic acids is 1. The van der Waals surface area contributed by atoms with E-state index in [4.69, 9.17) is 9.84 Å². The van der Waals surface area contributed by atoms with Crippen LogP contribution in [-0.2, 0) is 14.3 Å². The first-order valence-corrected chi connectivity index (χ1v) is 7.71. The van der Waals surface area contributed by atoms with E-state index in [-0.39, 0.29) is 17.2 Å². The third-order valence-corrected chi connectivity index (χ3v) is 5.44. The summed E-state index contributed by atoms with van der Waals surface area (Å²) >= 11 is 0. The minimum absolute atomic E-state index is 0.0780. The molecule has 2 atom stereocenters. The topological polar surface area (TPSA) is 66.8 Å². The largest absolute Gasteiger partial charge is 0.481 e. The van der Waals surface area contributed by atoms with Gasteiger partial charge in [0.25, 0.3) is 0 Å². The Hall–Kier alpha value is -1.10. The molecule has 2 aliphatic heterocycles. The molecule has 0 aromatic carbocycles. The summed E-state index contributed by atoms with van der Waals surface area (Å²) in [5, 5.41) is 9.11. The maximum atomic E-state index is 12.6. The molecule has 1 aliphatic carbocycles. The lowest BCUT2D eigenvalue weighted by Crippen LogP contribution is -2.53. The molecule has 0 radical (unpaired) electrons. The smallest absolute Gasteiger partial charge is 0.307 e. The van der Waals surface area contributed by atoms with E-state index in [1.54, 1.807) is 0 Å². The number of likely N-dealkylation sites (tertiary alicyclic amines) is 1. The number of hydrogen-bond acceptors (Lipinski definition) is 3. The highest BCUT2D eigenvalue weighted by Crippen LogP contribution is 2.42. The quantitative estimate of drug-likeness (QED) is 0.833. The number of ether oxygens (including phenoxy) is 1. The van der Waals surface area contributed by atoms with Gasteiger partial charge in [-0.25, -0.2) is 0 Å². The van der Waals surface area contributed by atoms with E-state index in [1.807, 2.05) is 4.90 Å². The zero-order valence-electron chi connectivity index (χ0n) is 11.8. The fraction of sp³-hybridized carbons (Fsp3) is 0.867. The first-order chi connectivity index (χ1) is 9.61. The van der Waals surface area contributed by atoms with Crippen LogP contribution in [0.25, 0.3) is 0 Å². The Morgan fingerprint density at radius 2 is 1.80 bits per heavy atom. The second-order valence-corrected chi connectivity index (χ2v) is 6.60. The maximum absolute atomic E-state index is 12.6. The number of carboxylic acid groups (broad SMARTS) is 1. The average molecular weight is 281 g/mol. The monoisotopic (exact) mass is 281 g/mol. The number of carbonyl (C=O) groups is 2. The summed E-state index contributed by atoms with van der Waals surface area (Å²) in [7, 11) is 0. The van der Waals surface area contributed by atoms with Crippen LogP contribution in [-0.4, -0.2) is 48.2 Å². The standard InChI is InChI=1S/C15H23NO4/c17-13(11-2-3-12(11)14(18)19)16-7-1-4-15(10-16)5-8-20-9-6-15/h11-12H,1-10H2,(H,18,19). The number of carbonyl (C=O) groups excluding carboxylic acids is 1. The Morgan fingerprint density at radius 3 is 2.40 bits per heavy atom. The highest BCUT2D eigenvalue weighted by molar-refractivity contribution is 5.86. The van der Waals surface area contributed by atoms with Gasteiger partial charge in [-0.05, 0) is 43.9 Å². The summed E-state index contributed by atoms with van der Waals surface area (Å²) in [5.74, 6) is -1.46. The van der Waals surface area contributed by atoms with Crippen molar-refractivity contribution in [2.24, 2.45) is 17.3 Å². The molecule has 2 unspecified atom stereocenters. The van der Waals surface area contributed by atoms with Crippen molar-refractivity contribution in [1.82, 2.24) is 4.90 Å². The molecule has 1 saturated carbocycles. The third-order valence-electron chi connectivity index (χ3n) is 5.44.